The molecule has 2 heterocycles. The van der Waals surface area contributed by atoms with E-state index in [1.54, 1.807) is 0 Å². The maximum absolute atomic E-state index is 13.8. The van der Waals surface area contributed by atoms with Gasteiger partial charge in [-0.15, -0.1) is 0 Å². The molecule has 238 valence electrons. The van der Waals surface area contributed by atoms with Gasteiger partial charge < -0.3 is 30.5 Å². The van der Waals surface area contributed by atoms with Gasteiger partial charge in [0, 0.05) is 51.4 Å². The molecule has 45 heavy (non-hydrogen) atoms. The van der Waals surface area contributed by atoms with E-state index in [0.717, 1.165) is 98.3 Å². The van der Waals surface area contributed by atoms with Crippen LogP contribution >= 0.6 is 0 Å². The average Bonchev–Trinajstić information content (AvgIpc) is 3.61. The first kappa shape index (κ1) is 31.3. The van der Waals surface area contributed by atoms with Gasteiger partial charge in [0.15, 0.2) is 0 Å². The molecule has 8 nitrogen and oxygen atoms in total. The van der Waals surface area contributed by atoms with Crippen LogP contribution in [0.25, 0.3) is 11.1 Å². The van der Waals surface area contributed by atoms with Crippen molar-refractivity contribution in [2.75, 3.05) is 50.1 Å². The third-order valence-electron chi connectivity index (χ3n) is 9.63. The molecule has 8 heteroatoms. The quantitative estimate of drug-likeness (QED) is 0.352. The number of carbonyl (C=O) groups is 2. The summed E-state index contributed by atoms with van der Waals surface area (Å²) < 4.78 is 5.70. The standard InChI is InChI=1S/C37H47N5O3/c1-40-18-20-41(21-19-40)34-17-12-30(25-33(34)39-37(44)35-11-6-22-45-35)29-10-5-9-28(23-29)26-42(32-15-13-31(38)14-16-32)36(43)24-27-7-3-2-4-8-27/h2-5,7-10,12,17,23,25,31-32,35H,6,11,13-16,18-22,24,26,38H2,1H3,(H,39,44). The number of benzene rings is 3. The third-order valence-corrected chi connectivity index (χ3v) is 9.63. The molecule has 0 spiro atoms. The number of amides is 2. The lowest BCUT2D eigenvalue weighted by Gasteiger charge is -2.36. The van der Waals surface area contributed by atoms with Crippen LogP contribution < -0.4 is 16.0 Å². The Labute approximate surface area is 267 Å². The minimum atomic E-state index is -0.397. The fourth-order valence-electron chi connectivity index (χ4n) is 6.89. The van der Waals surface area contributed by atoms with Crippen molar-refractivity contribution in [1.29, 1.82) is 0 Å². The van der Waals surface area contributed by atoms with Crippen LogP contribution in [0.4, 0.5) is 11.4 Å². The number of ether oxygens (including phenoxy) is 1. The Balaban J connectivity index is 1.25. The molecule has 0 aromatic heterocycles. The van der Waals surface area contributed by atoms with Crippen LogP contribution in [-0.4, -0.2) is 79.6 Å². The van der Waals surface area contributed by atoms with E-state index in [-0.39, 0.29) is 23.9 Å². The summed E-state index contributed by atoms with van der Waals surface area (Å²) in [5.74, 6) is 0.0799. The van der Waals surface area contributed by atoms with Crippen LogP contribution in [0, 0.1) is 0 Å². The number of hydrogen-bond acceptors (Lipinski definition) is 6. The summed E-state index contributed by atoms with van der Waals surface area (Å²) >= 11 is 0. The molecule has 3 aromatic carbocycles. The number of hydrogen-bond donors (Lipinski definition) is 2. The van der Waals surface area contributed by atoms with Crippen LogP contribution in [0.1, 0.15) is 49.7 Å². The number of carbonyl (C=O) groups excluding carboxylic acids is 2. The number of nitrogens with two attached hydrogens (primary N) is 1. The van der Waals surface area contributed by atoms with E-state index < -0.39 is 6.10 Å². The maximum atomic E-state index is 13.8. The van der Waals surface area contributed by atoms with Crippen molar-refractivity contribution >= 4 is 23.2 Å². The summed E-state index contributed by atoms with van der Waals surface area (Å²) in [5, 5.41) is 3.22. The van der Waals surface area contributed by atoms with E-state index >= 15 is 0 Å². The molecule has 1 unspecified atom stereocenters. The van der Waals surface area contributed by atoms with Gasteiger partial charge in [0.25, 0.3) is 5.91 Å². The first-order valence-electron chi connectivity index (χ1n) is 16.6. The molecule has 3 aliphatic rings. The fraction of sp³-hybridized carbons (Fsp3) is 0.459. The Bertz CT molecular complexity index is 1440. The zero-order valence-corrected chi connectivity index (χ0v) is 26.5. The lowest BCUT2D eigenvalue weighted by atomic mass is 9.90. The normalized spacial score (nSPS) is 22.3. The monoisotopic (exact) mass is 609 g/mol. The molecule has 6 rings (SSSR count). The number of anilines is 2. The highest BCUT2D eigenvalue weighted by Crippen LogP contribution is 2.34. The minimum absolute atomic E-state index is 0.0754. The smallest absolute Gasteiger partial charge is 0.253 e. The molecule has 2 aliphatic heterocycles. The van der Waals surface area contributed by atoms with Crippen molar-refractivity contribution in [1.82, 2.24) is 9.80 Å². The van der Waals surface area contributed by atoms with Crippen LogP contribution in [-0.2, 0) is 27.3 Å². The predicted molar refractivity (Wildman–Crippen MR) is 180 cm³/mol. The highest BCUT2D eigenvalue weighted by Gasteiger charge is 2.29. The summed E-state index contributed by atoms with van der Waals surface area (Å²) in [6, 6.07) is 25.3. The van der Waals surface area contributed by atoms with Crippen molar-refractivity contribution in [2.45, 2.75) is 69.7 Å². The summed E-state index contributed by atoms with van der Waals surface area (Å²) in [4.78, 5) is 33.7. The molecule has 1 atom stereocenters. The Morgan fingerprint density at radius 1 is 0.867 bits per heavy atom. The van der Waals surface area contributed by atoms with Crippen LogP contribution in [0.2, 0.25) is 0 Å². The molecule has 0 radical (unpaired) electrons. The number of nitrogens with one attached hydrogen (secondary N) is 1. The van der Waals surface area contributed by atoms with Crippen molar-refractivity contribution < 1.29 is 14.3 Å². The van der Waals surface area contributed by atoms with Gasteiger partial charge in [-0.1, -0.05) is 54.6 Å². The largest absolute Gasteiger partial charge is 0.368 e. The number of nitrogens with zero attached hydrogens (tertiary/aromatic N) is 3. The van der Waals surface area contributed by atoms with E-state index in [0.29, 0.717) is 19.6 Å². The van der Waals surface area contributed by atoms with Gasteiger partial charge in [0.2, 0.25) is 5.91 Å². The minimum Gasteiger partial charge on any atom is -0.368 e. The van der Waals surface area contributed by atoms with Gasteiger partial charge in [-0.3, -0.25) is 9.59 Å². The van der Waals surface area contributed by atoms with Gasteiger partial charge in [-0.25, -0.2) is 0 Å². The lowest BCUT2D eigenvalue weighted by Crippen LogP contribution is -2.44. The van der Waals surface area contributed by atoms with Crippen molar-refractivity contribution in [3.8, 4) is 11.1 Å². The molecule has 3 fully saturated rings. The second-order valence-corrected chi connectivity index (χ2v) is 13.0. The zero-order valence-electron chi connectivity index (χ0n) is 26.5. The van der Waals surface area contributed by atoms with Crippen molar-refractivity contribution in [3.05, 3.63) is 83.9 Å². The number of piperazine rings is 1. The first-order valence-corrected chi connectivity index (χ1v) is 16.6. The highest BCUT2D eigenvalue weighted by molar-refractivity contribution is 5.98. The molecule has 3 aromatic rings. The molecule has 2 saturated heterocycles. The van der Waals surface area contributed by atoms with E-state index in [1.165, 1.54) is 0 Å². The van der Waals surface area contributed by atoms with Gasteiger partial charge in [0.05, 0.1) is 17.8 Å². The molecule has 1 saturated carbocycles. The van der Waals surface area contributed by atoms with Crippen molar-refractivity contribution in [3.63, 3.8) is 0 Å². The van der Waals surface area contributed by atoms with Gasteiger partial charge >= 0.3 is 0 Å². The van der Waals surface area contributed by atoms with Gasteiger partial charge in [-0.2, -0.15) is 0 Å². The maximum Gasteiger partial charge on any atom is 0.253 e. The zero-order chi connectivity index (χ0) is 31.2. The highest BCUT2D eigenvalue weighted by atomic mass is 16.5. The molecule has 2 amide bonds. The first-order chi connectivity index (χ1) is 21.9. The molecule has 1 aliphatic carbocycles. The van der Waals surface area contributed by atoms with E-state index in [9.17, 15) is 9.59 Å². The van der Waals surface area contributed by atoms with Crippen LogP contribution in [0.15, 0.2) is 72.8 Å². The second kappa shape index (κ2) is 14.6. The van der Waals surface area contributed by atoms with Crippen LogP contribution in [0.3, 0.4) is 0 Å². The summed E-state index contributed by atoms with van der Waals surface area (Å²) in [5.41, 5.74) is 12.3. The van der Waals surface area contributed by atoms with Gasteiger partial charge in [-0.05, 0) is 86.0 Å². The number of rotatable bonds is 9. The molecule has 0 bridgehead atoms. The van der Waals surface area contributed by atoms with Gasteiger partial charge in [0.1, 0.15) is 6.10 Å². The fourth-order valence-corrected chi connectivity index (χ4v) is 6.89. The van der Waals surface area contributed by atoms with E-state index in [4.69, 9.17) is 10.5 Å². The Morgan fingerprint density at radius 2 is 1.60 bits per heavy atom. The molecular formula is C37H47N5O3. The molecule has 3 N–H and O–H groups in total. The predicted octanol–water partition coefficient (Wildman–Crippen LogP) is 5.06. The molecular weight excluding hydrogens is 562 g/mol. The Kier molecular flexibility index (Phi) is 10.1. The Morgan fingerprint density at radius 3 is 2.33 bits per heavy atom. The second-order valence-electron chi connectivity index (χ2n) is 13.0. The summed E-state index contributed by atoms with van der Waals surface area (Å²) in [6.45, 7) is 4.97. The lowest BCUT2D eigenvalue weighted by molar-refractivity contribution is -0.134. The SMILES string of the molecule is CN1CCN(c2ccc(-c3cccc(CN(C(=O)Cc4ccccc4)C4CCC(N)CC4)c3)cc2NC(=O)C2CCCO2)CC1. The van der Waals surface area contributed by atoms with E-state index in [2.05, 4.69) is 69.5 Å². The average molecular weight is 610 g/mol. The van der Waals surface area contributed by atoms with Crippen molar-refractivity contribution in [2.24, 2.45) is 5.73 Å². The Hall–Kier alpha value is -3.72. The third kappa shape index (κ3) is 7.93. The number of likely N-dealkylation sites (N-methyl/N-ethyl adjacent to an activating group) is 1. The summed E-state index contributed by atoms with van der Waals surface area (Å²) in [6.07, 6.45) is 5.42. The summed E-state index contributed by atoms with van der Waals surface area (Å²) in [7, 11) is 2.15. The van der Waals surface area contributed by atoms with E-state index in [1.807, 2.05) is 30.3 Å². The topological polar surface area (TPSA) is 91.1 Å². The van der Waals surface area contributed by atoms with Crippen LogP contribution in [0.5, 0.6) is 0 Å².